The lowest BCUT2D eigenvalue weighted by Crippen LogP contribution is -2.21. The minimum Gasteiger partial charge on any atom is -0.493 e. The Kier molecular flexibility index (Phi) is 7.02. The fourth-order valence-corrected chi connectivity index (χ4v) is 2.21. The molecular formula is C20H23NO5. The molecule has 0 aliphatic rings. The van der Waals surface area contributed by atoms with Gasteiger partial charge in [-0.1, -0.05) is 38.1 Å². The van der Waals surface area contributed by atoms with Gasteiger partial charge in [-0.15, -0.1) is 0 Å². The molecule has 0 bridgehead atoms. The molecule has 26 heavy (non-hydrogen) atoms. The molecule has 0 radical (unpaired) electrons. The molecule has 6 nitrogen and oxygen atoms in total. The molecule has 0 aromatic heterocycles. The monoisotopic (exact) mass is 357 g/mol. The van der Waals surface area contributed by atoms with Crippen LogP contribution in [0.3, 0.4) is 0 Å². The highest BCUT2D eigenvalue weighted by atomic mass is 16.5. The molecule has 0 saturated carbocycles. The van der Waals surface area contributed by atoms with Crippen LogP contribution in [0.25, 0.3) is 0 Å². The maximum Gasteiger partial charge on any atom is 0.307 e. The van der Waals surface area contributed by atoms with Crippen LogP contribution in [0.4, 0.5) is 5.69 Å². The molecule has 0 fully saturated rings. The van der Waals surface area contributed by atoms with Crippen molar-refractivity contribution < 1.29 is 24.2 Å². The summed E-state index contributed by atoms with van der Waals surface area (Å²) in [6.07, 6.45) is -0.160. The SMILES string of the molecule is CC(C)COc1cccc(OCC(=O)Nc2ccccc2CC(=O)O)c1. The highest BCUT2D eigenvalue weighted by Crippen LogP contribution is 2.20. The summed E-state index contributed by atoms with van der Waals surface area (Å²) in [7, 11) is 0. The van der Waals surface area contributed by atoms with Crippen LogP contribution < -0.4 is 14.8 Å². The van der Waals surface area contributed by atoms with Crippen LogP contribution in [0.15, 0.2) is 48.5 Å². The summed E-state index contributed by atoms with van der Waals surface area (Å²) in [5.74, 6) is 0.303. The molecule has 0 saturated heterocycles. The van der Waals surface area contributed by atoms with Gasteiger partial charge in [0.15, 0.2) is 6.61 Å². The lowest BCUT2D eigenvalue weighted by atomic mass is 10.1. The van der Waals surface area contributed by atoms with E-state index >= 15 is 0 Å². The van der Waals surface area contributed by atoms with Crippen molar-refractivity contribution in [3.05, 3.63) is 54.1 Å². The van der Waals surface area contributed by atoms with Gasteiger partial charge in [-0.2, -0.15) is 0 Å². The number of para-hydroxylation sites is 1. The second-order valence-corrected chi connectivity index (χ2v) is 6.24. The number of nitrogens with one attached hydrogen (secondary N) is 1. The van der Waals surface area contributed by atoms with E-state index < -0.39 is 5.97 Å². The van der Waals surface area contributed by atoms with Crippen LogP contribution in [0.1, 0.15) is 19.4 Å². The van der Waals surface area contributed by atoms with Gasteiger partial charge in [0, 0.05) is 11.8 Å². The number of rotatable bonds is 9. The fourth-order valence-electron chi connectivity index (χ4n) is 2.21. The molecule has 2 rings (SSSR count). The number of carboxylic acids is 1. The lowest BCUT2D eigenvalue weighted by molar-refractivity contribution is -0.136. The Morgan fingerprint density at radius 3 is 2.42 bits per heavy atom. The van der Waals surface area contributed by atoms with Gasteiger partial charge in [0.25, 0.3) is 5.91 Å². The largest absolute Gasteiger partial charge is 0.493 e. The van der Waals surface area contributed by atoms with Crippen LogP contribution in [0, 0.1) is 5.92 Å². The fraction of sp³-hybridized carbons (Fsp3) is 0.300. The zero-order valence-electron chi connectivity index (χ0n) is 14.9. The van der Waals surface area contributed by atoms with Crippen molar-refractivity contribution in [1.82, 2.24) is 0 Å². The smallest absolute Gasteiger partial charge is 0.307 e. The Balaban J connectivity index is 1.91. The minimum atomic E-state index is -0.957. The van der Waals surface area contributed by atoms with Crippen molar-refractivity contribution in [3.63, 3.8) is 0 Å². The maximum atomic E-state index is 12.1. The van der Waals surface area contributed by atoms with Crippen molar-refractivity contribution >= 4 is 17.6 Å². The topological polar surface area (TPSA) is 84.9 Å². The lowest BCUT2D eigenvalue weighted by Gasteiger charge is -2.12. The number of hydrogen-bond acceptors (Lipinski definition) is 4. The van der Waals surface area contributed by atoms with Crippen molar-refractivity contribution in [2.45, 2.75) is 20.3 Å². The highest BCUT2D eigenvalue weighted by Gasteiger charge is 2.10. The molecule has 2 N–H and O–H groups in total. The molecule has 2 aromatic carbocycles. The first-order chi connectivity index (χ1) is 12.4. The van der Waals surface area contributed by atoms with E-state index in [0.29, 0.717) is 35.3 Å². The van der Waals surface area contributed by atoms with Crippen LogP contribution >= 0.6 is 0 Å². The van der Waals surface area contributed by atoms with Gasteiger partial charge >= 0.3 is 5.97 Å². The Labute approximate surface area is 152 Å². The average molecular weight is 357 g/mol. The molecule has 0 heterocycles. The Morgan fingerprint density at radius 2 is 1.73 bits per heavy atom. The summed E-state index contributed by atoms with van der Waals surface area (Å²) in [6, 6.07) is 13.9. The zero-order valence-corrected chi connectivity index (χ0v) is 14.9. The van der Waals surface area contributed by atoms with Gasteiger partial charge in [0.05, 0.1) is 13.0 Å². The Morgan fingerprint density at radius 1 is 1.04 bits per heavy atom. The van der Waals surface area contributed by atoms with E-state index in [4.69, 9.17) is 14.6 Å². The number of carboxylic acid groups (broad SMARTS) is 1. The van der Waals surface area contributed by atoms with E-state index in [2.05, 4.69) is 19.2 Å². The van der Waals surface area contributed by atoms with Crippen LogP contribution in [-0.4, -0.2) is 30.2 Å². The van der Waals surface area contributed by atoms with Crippen LogP contribution in [0.5, 0.6) is 11.5 Å². The predicted molar refractivity (Wildman–Crippen MR) is 98.7 cm³/mol. The molecule has 6 heteroatoms. The minimum absolute atomic E-state index is 0.160. The van der Waals surface area contributed by atoms with E-state index in [0.717, 1.165) is 0 Å². The van der Waals surface area contributed by atoms with Gasteiger partial charge in [0.2, 0.25) is 0 Å². The summed E-state index contributed by atoms with van der Waals surface area (Å²) in [6.45, 7) is 4.54. The predicted octanol–water partition coefficient (Wildman–Crippen LogP) is 3.37. The van der Waals surface area contributed by atoms with E-state index in [-0.39, 0.29) is 18.9 Å². The molecule has 0 aliphatic carbocycles. The van der Waals surface area contributed by atoms with Gasteiger partial charge in [-0.05, 0) is 29.7 Å². The standard InChI is InChI=1S/C20H23NO5/c1-14(2)12-25-16-7-5-8-17(11-16)26-13-19(22)21-18-9-4-3-6-15(18)10-20(23)24/h3-9,11,14H,10,12-13H2,1-2H3,(H,21,22)(H,23,24). The van der Waals surface area contributed by atoms with E-state index in [9.17, 15) is 9.59 Å². The Bertz CT molecular complexity index is 757. The quantitative estimate of drug-likeness (QED) is 0.719. The maximum absolute atomic E-state index is 12.1. The molecule has 1 amide bonds. The molecule has 138 valence electrons. The number of carbonyl (C=O) groups excluding carboxylic acids is 1. The third kappa shape index (κ3) is 6.47. The normalized spacial score (nSPS) is 10.4. The molecular weight excluding hydrogens is 334 g/mol. The summed E-state index contributed by atoms with van der Waals surface area (Å²) in [5, 5.41) is 11.6. The molecule has 0 atom stereocenters. The van der Waals surface area contributed by atoms with Gasteiger partial charge in [-0.25, -0.2) is 0 Å². The molecule has 0 unspecified atom stereocenters. The molecule has 0 aliphatic heterocycles. The number of aliphatic carboxylic acids is 1. The third-order valence-corrected chi connectivity index (χ3v) is 3.39. The summed E-state index contributed by atoms with van der Waals surface area (Å²) >= 11 is 0. The van der Waals surface area contributed by atoms with Gasteiger partial charge in [0.1, 0.15) is 11.5 Å². The van der Waals surface area contributed by atoms with E-state index in [1.54, 1.807) is 42.5 Å². The van der Waals surface area contributed by atoms with Crippen LogP contribution in [0.2, 0.25) is 0 Å². The van der Waals surface area contributed by atoms with Crippen molar-refractivity contribution in [3.8, 4) is 11.5 Å². The molecule has 2 aromatic rings. The number of anilines is 1. The van der Waals surface area contributed by atoms with Crippen molar-refractivity contribution in [2.24, 2.45) is 5.92 Å². The third-order valence-electron chi connectivity index (χ3n) is 3.39. The summed E-state index contributed by atoms with van der Waals surface area (Å²) in [4.78, 5) is 23.0. The number of ether oxygens (including phenoxy) is 2. The summed E-state index contributed by atoms with van der Waals surface area (Å²) < 4.78 is 11.1. The molecule has 0 spiro atoms. The first kappa shape index (κ1) is 19.3. The first-order valence-corrected chi connectivity index (χ1v) is 8.39. The van der Waals surface area contributed by atoms with Crippen molar-refractivity contribution in [2.75, 3.05) is 18.5 Å². The van der Waals surface area contributed by atoms with Gasteiger partial charge < -0.3 is 19.9 Å². The number of carbonyl (C=O) groups is 2. The number of amides is 1. The Hall–Kier alpha value is -3.02. The second kappa shape index (κ2) is 9.46. The van der Waals surface area contributed by atoms with E-state index in [1.165, 1.54) is 0 Å². The number of benzene rings is 2. The van der Waals surface area contributed by atoms with Crippen molar-refractivity contribution in [1.29, 1.82) is 0 Å². The zero-order chi connectivity index (χ0) is 18.9. The van der Waals surface area contributed by atoms with Crippen LogP contribution in [-0.2, 0) is 16.0 Å². The first-order valence-electron chi connectivity index (χ1n) is 8.39. The summed E-state index contributed by atoms with van der Waals surface area (Å²) in [5.41, 5.74) is 1.01. The number of hydrogen-bond donors (Lipinski definition) is 2. The van der Waals surface area contributed by atoms with Gasteiger partial charge in [-0.3, -0.25) is 9.59 Å². The highest BCUT2D eigenvalue weighted by molar-refractivity contribution is 5.93. The second-order valence-electron chi connectivity index (χ2n) is 6.24. The average Bonchev–Trinajstić information content (AvgIpc) is 2.60. The van der Waals surface area contributed by atoms with E-state index in [1.807, 2.05) is 6.07 Å².